The fraction of sp³-hybridized carbons (Fsp3) is 0.529. The van der Waals surface area contributed by atoms with Gasteiger partial charge >= 0.3 is 12.1 Å². The summed E-state index contributed by atoms with van der Waals surface area (Å²) < 4.78 is 15.3. The molecule has 0 saturated heterocycles. The van der Waals surface area contributed by atoms with Gasteiger partial charge in [-0.2, -0.15) is 0 Å². The van der Waals surface area contributed by atoms with Crippen LogP contribution in [0.3, 0.4) is 0 Å². The second-order valence-corrected chi connectivity index (χ2v) is 6.01. The molecule has 0 fully saturated rings. The van der Waals surface area contributed by atoms with Crippen molar-refractivity contribution in [3.8, 4) is 0 Å². The number of carbonyl (C=O) groups is 2. The number of ether oxygens (including phenoxy) is 3. The predicted octanol–water partition coefficient (Wildman–Crippen LogP) is 2.83. The Morgan fingerprint density at radius 2 is 1.83 bits per heavy atom. The van der Waals surface area contributed by atoms with Crippen LogP contribution in [0, 0.1) is 0 Å². The average Bonchev–Trinajstić information content (AvgIpc) is 2.49. The number of methoxy groups -OCH3 is 1. The zero-order valence-electron chi connectivity index (χ0n) is 14.1. The topological polar surface area (TPSA) is 73.9 Å². The summed E-state index contributed by atoms with van der Waals surface area (Å²) in [7, 11) is 1.33. The van der Waals surface area contributed by atoms with Crippen molar-refractivity contribution in [1.82, 2.24) is 5.32 Å². The summed E-state index contributed by atoms with van der Waals surface area (Å²) in [6, 6.07) is 9.09. The van der Waals surface area contributed by atoms with Gasteiger partial charge in [-0.1, -0.05) is 30.3 Å². The van der Waals surface area contributed by atoms with Crippen LogP contribution in [0.2, 0.25) is 0 Å². The van der Waals surface area contributed by atoms with E-state index >= 15 is 0 Å². The van der Waals surface area contributed by atoms with Gasteiger partial charge in [-0.3, -0.25) is 4.79 Å². The lowest BCUT2D eigenvalue weighted by Gasteiger charge is -2.24. The van der Waals surface area contributed by atoms with Crippen LogP contribution in [0.1, 0.15) is 38.8 Å². The third kappa shape index (κ3) is 8.21. The molecule has 1 N–H and O–H groups in total. The molecule has 0 aromatic heterocycles. The van der Waals surface area contributed by atoms with E-state index in [-0.39, 0.29) is 31.6 Å². The number of esters is 1. The fourth-order valence-corrected chi connectivity index (χ4v) is 1.82. The highest BCUT2D eigenvalue weighted by atomic mass is 16.6. The standard InChI is InChI=1S/C17H25NO5/c1-17(2,3)23-16(20)18-14(13-8-6-5-7-9-13)12-22-11-10-15(19)21-4/h5-9,14H,10-12H2,1-4H3,(H,18,20). The van der Waals surface area contributed by atoms with Gasteiger partial charge in [-0.15, -0.1) is 0 Å². The molecule has 1 aromatic rings. The smallest absolute Gasteiger partial charge is 0.408 e. The van der Waals surface area contributed by atoms with Crippen molar-refractivity contribution in [2.45, 2.75) is 38.8 Å². The molecule has 128 valence electrons. The third-order valence-electron chi connectivity index (χ3n) is 2.86. The van der Waals surface area contributed by atoms with Gasteiger partial charge in [0.25, 0.3) is 0 Å². The lowest BCUT2D eigenvalue weighted by molar-refractivity contribution is -0.141. The van der Waals surface area contributed by atoms with Crippen LogP contribution >= 0.6 is 0 Å². The zero-order chi connectivity index (χ0) is 17.3. The number of carbonyl (C=O) groups excluding carboxylic acids is 2. The largest absolute Gasteiger partial charge is 0.469 e. The first-order valence-corrected chi connectivity index (χ1v) is 7.51. The average molecular weight is 323 g/mol. The van der Waals surface area contributed by atoms with Crippen molar-refractivity contribution >= 4 is 12.1 Å². The first-order chi connectivity index (χ1) is 10.8. The highest BCUT2D eigenvalue weighted by Gasteiger charge is 2.20. The van der Waals surface area contributed by atoms with Crippen molar-refractivity contribution in [1.29, 1.82) is 0 Å². The summed E-state index contributed by atoms with van der Waals surface area (Å²) in [5.41, 5.74) is 0.327. The zero-order valence-corrected chi connectivity index (χ0v) is 14.1. The van der Waals surface area contributed by atoms with Crippen LogP contribution in [-0.2, 0) is 19.0 Å². The highest BCUT2D eigenvalue weighted by Crippen LogP contribution is 2.15. The molecular formula is C17H25NO5. The third-order valence-corrected chi connectivity index (χ3v) is 2.86. The van der Waals surface area contributed by atoms with E-state index in [9.17, 15) is 9.59 Å². The Bertz CT molecular complexity index is 495. The second kappa shape index (κ2) is 9.15. The van der Waals surface area contributed by atoms with Gasteiger partial charge in [0, 0.05) is 0 Å². The number of benzene rings is 1. The molecule has 1 unspecified atom stereocenters. The molecule has 0 aliphatic heterocycles. The van der Waals surface area contributed by atoms with Crippen LogP contribution in [0.15, 0.2) is 30.3 Å². The minimum absolute atomic E-state index is 0.171. The van der Waals surface area contributed by atoms with E-state index in [1.807, 2.05) is 30.3 Å². The predicted molar refractivity (Wildman–Crippen MR) is 86.0 cm³/mol. The number of amides is 1. The van der Waals surface area contributed by atoms with Crippen molar-refractivity contribution < 1.29 is 23.8 Å². The lowest BCUT2D eigenvalue weighted by Crippen LogP contribution is -2.36. The summed E-state index contributed by atoms with van der Waals surface area (Å²) in [6.45, 7) is 5.87. The quantitative estimate of drug-likeness (QED) is 0.617. The Kier molecular flexibility index (Phi) is 7.54. The molecule has 1 amide bonds. The molecule has 0 aliphatic carbocycles. The molecule has 1 atom stereocenters. The van der Waals surface area contributed by atoms with Gasteiger partial charge in [0.05, 0.1) is 32.8 Å². The Morgan fingerprint density at radius 3 is 2.39 bits per heavy atom. The van der Waals surface area contributed by atoms with E-state index in [1.54, 1.807) is 20.8 Å². The van der Waals surface area contributed by atoms with E-state index in [0.717, 1.165) is 5.56 Å². The van der Waals surface area contributed by atoms with Crippen LogP contribution in [0.4, 0.5) is 4.79 Å². The van der Waals surface area contributed by atoms with Gasteiger partial charge in [-0.05, 0) is 26.3 Å². The van der Waals surface area contributed by atoms with Crippen LogP contribution in [0.25, 0.3) is 0 Å². The Labute approximate surface area is 137 Å². The van der Waals surface area contributed by atoms with Gasteiger partial charge in [0.2, 0.25) is 0 Å². The first kappa shape index (κ1) is 19.0. The van der Waals surface area contributed by atoms with Crippen molar-refractivity contribution in [2.75, 3.05) is 20.3 Å². The molecule has 6 heteroatoms. The molecule has 1 aromatic carbocycles. The summed E-state index contributed by atoms with van der Waals surface area (Å²) >= 11 is 0. The van der Waals surface area contributed by atoms with Gasteiger partial charge in [-0.25, -0.2) is 4.79 Å². The lowest BCUT2D eigenvalue weighted by atomic mass is 10.1. The number of nitrogens with one attached hydrogen (secondary N) is 1. The number of rotatable bonds is 7. The molecule has 1 rings (SSSR count). The molecule has 0 spiro atoms. The molecule has 0 heterocycles. The summed E-state index contributed by atoms with van der Waals surface area (Å²) in [6.07, 6.45) is -0.340. The van der Waals surface area contributed by atoms with Crippen LogP contribution < -0.4 is 5.32 Å². The fourth-order valence-electron chi connectivity index (χ4n) is 1.82. The highest BCUT2D eigenvalue weighted by molar-refractivity contribution is 5.69. The SMILES string of the molecule is COC(=O)CCOCC(NC(=O)OC(C)(C)C)c1ccccc1. The Hall–Kier alpha value is -2.08. The Balaban J connectivity index is 2.60. The number of hydrogen-bond donors (Lipinski definition) is 1. The van der Waals surface area contributed by atoms with Gasteiger partial charge < -0.3 is 19.5 Å². The molecule has 0 bridgehead atoms. The molecule has 6 nitrogen and oxygen atoms in total. The minimum Gasteiger partial charge on any atom is -0.469 e. The van der Waals surface area contributed by atoms with E-state index < -0.39 is 11.7 Å². The molecule has 23 heavy (non-hydrogen) atoms. The van der Waals surface area contributed by atoms with Crippen molar-refractivity contribution in [3.05, 3.63) is 35.9 Å². The molecule has 0 aliphatic rings. The normalized spacial score (nSPS) is 12.3. The van der Waals surface area contributed by atoms with Gasteiger partial charge in [0.1, 0.15) is 5.60 Å². The monoisotopic (exact) mass is 323 g/mol. The maximum absolute atomic E-state index is 12.0. The van der Waals surface area contributed by atoms with E-state index in [2.05, 4.69) is 10.1 Å². The maximum Gasteiger partial charge on any atom is 0.408 e. The summed E-state index contributed by atoms with van der Waals surface area (Å²) in [5.74, 6) is -0.332. The number of hydrogen-bond acceptors (Lipinski definition) is 5. The van der Waals surface area contributed by atoms with Crippen molar-refractivity contribution in [3.63, 3.8) is 0 Å². The minimum atomic E-state index is -0.572. The van der Waals surface area contributed by atoms with E-state index in [1.165, 1.54) is 7.11 Å². The molecule has 0 radical (unpaired) electrons. The molecule has 0 saturated carbocycles. The van der Waals surface area contributed by atoms with Crippen molar-refractivity contribution in [2.24, 2.45) is 0 Å². The summed E-state index contributed by atoms with van der Waals surface area (Å²) in [5, 5.41) is 2.79. The van der Waals surface area contributed by atoms with Crippen LogP contribution in [-0.4, -0.2) is 38.0 Å². The first-order valence-electron chi connectivity index (χ1n) is 7.51. The molecular weight excluding hydrogens is 298 g/mol. The maximum atomic E-state index is 12.0. The Morgan fingerprint density at radius 1 is 1.17 bits per heavy atom. The second-order valence-electron chi connectivity index (χ2n) is 6.01. The van der Waals surface area contributed by atoms with Crippen LogP contribution in [0.5, 0.6) is 0 Å². The van der Waals surface area contributed by atoms with Gasteiger partial charge in [0.15, 0.2) is 0 Å². The van der Waals surface area contributed by atoms with E-state index in [0.29, 0.717) is 0 Å². The van der Waals surface area contributed by atoms with E-state index in [4.69, 9.17) is 9.47 Å². The summed E-state index contributed by atoms with van der Waals surface area (Å²) in [4.78, 5) is 23.0. The number of alkyl carbamates (subject to hydrolysis) is 1.